The Morgan fingerprint density at radius 1 is 1.14 bits per heavy atom. The van der Waals surface area contributed by atoms with E-state index in [1.807, 2.05) is 18.2 Å². The fourth-order valence-corrected chi connectivity index (χ4v) is 5.93. The summed E-state index contributed by atoms with van der Waals surface area (Å²) in [4.78, 5) is 19.0. The molecule has 1 fully saturated rings. The van der Waals surface area contributed by atoms with Crippen LogP contribution in [0.5, 0.6) is 5.75 Å². The maximum Gasteiger partial charge on any atom is 0.248 e. The van der Waals surface area contributed by atoms with Crippen LogP contribution in [0.4, 0.5) is 0 Å². The average molecular weight is 473 g/mol. The Kier molecular flexibility index (Phi) is 6.91. The van der Waals surface area contributed by atoms with Gasteiger partial charge in [-0.05, 0) is 97.9 Å². The predicted molar refractivity (Wildman–Crippen MR) is 142 cm³/mol. The molecular weight excluding hydrogens is 436 g/mol. The summed E-state index contributed by atoms with van der Waals surface area (Å²) < 4.78 is 8.12. The first kappa shape index (κ1) is 23.6. The van der Waals surface area contributed by atoms with Crippen LogP contribution in [0.3, 0.4) is 0 Å². The Bertz CT molecular complexity index is 1250. The molecule has 2 N–H and O–H groups in total. The summed E-state index contributed by atoms with van der Waals surface area (Å²) in [6, 6.07) is 12.7. The highest BCUT2D eigenvalue weighted by Gasteiger charge is 2.24. The van der Waals surface area contributed by atoms with E-state index in [1.165, 1.54) is 28.8 Å². The lowest BCUT2D eigenvalue weighted by Crippen LogP contribution is -2.36. The number of carbonyl (C=O) groups is 1. The fourth-order valence-electron chi connectivity index (χ4n) is 5.93. The second-order valence-electron chi connectivity index (χ2n) is 9.73. The van der Waals surface area contributed by atoms with Gasteiger partial charge in [-0.2, -0.15) is 0 Å². The number of fused-ring (bicyclic) bond motifs is 2. The molecule has 1 aromatic heterocycles. The molecule has 0 atom stereocenters. The van der Waals surface area contributed by atoms with Gasteiger partial charge in [0.1, 0.15) is 5.75 Å². The Morgan fingerprint density at radius 2 is 1.97 bits per heavy atom. The number of nitrogens with two attached hydrogens (primary N) is 1. The summed E-state index contributed by atoms with van der Waals surface area (Å²) in [6.07, 6.45) is 8.72. The molecule has 6 heteroatoms. The third-order valence-electron chi connectivity index (χ3n) is 7.74. The van der Waals surface area contributed by atoms with Gasteiger partial charge in [0.15, 0.2) is 0 Å². The van der Waals surface area contributed by atoms with Crippen molar-refractivity contribution in [2.24, 2.45) is 10.7 Å². The number of hydrogen-bond acceptors (Lipinski definition) is 4. The summed E-state index contributed by atoms with van der Waals surface area (Å²) in [5.74, 6) is 0.640. The van der Waals surface area contributed by atoms with Gasteiger partial charge in [0.05, 0.1) is 7.11 Å². The van der Waals surface area contributed by atoms with E-state index in [4.69, 9.17) is 15.5 Å². The SMILES string of the molecule is CCN=C1CCCc2c1ccc(OC)c2CCN1CCC(n2ccc3ccc(C(N)=O)cc32)CC1. The molecule has 2 aliphatic rings. The maximum atomic E-state index is 11.7. The summed E-state index contributed by atoms with van der Waals surface area (Å²) in [6.45, 7) is 6.13. The van der Waals surface area contributed by atoms with Crippen LogP contribution in [0, 0.1) is 0 Å². The summed E-state index contributed by atoms with van der Waals surface area (Å²) >= 11 is 0. The minimum atomic E-state index is -0.374. The van der Waals surface area contributed by atoms with E-state index in [0.717, 1.165) is 74.9 Å². The van der Waals surface area contributed by atoms with E-state index in [-0.39, 0.29) is 5.91 Å². The number of rotatable bonds is 7. The lowest BCUT2D eigenvalue weighted by atomic mass is 9.85. The third kappa shape index (κ3) is 4.72. The van der Waals surface area contributed by atoms with Gasteiger partial charge in [-0.3, -0.25) is 9.79 Å². The minimum absolute atomic E-state index is 0.374. The van der Waals surface area contributed by atoms with Crippen LogP contribution in [-0.4, -0.2) is 54.4 Å². The standard InChI is InChI=1S/C29H36N4O2/c1-3-31-26-6-4-5-23-24(26)9-10-28(35-2)25(23)14-17-32-15-12-22(13-16-32)33-18-11-20-7-8-21(29(30)34)19-27(20)33/h7-11,18-19,22H,3-6,12-17H2,1-2H3,(H2,30,34). The van der Waals surface area contributed by atoms with Crippen LogP contribution in [0.1, 0.15) is 65.7 Å². The Morgan fingerprint density at radius 3 is 2.71 bits per heavy atom. The lowest BCUT2D eigenvalue weighted by Gasteiger charge is -2.33. The van der Waals surface area contributed by atoms with Gasteiger partial charge >= 0.3 is 0 Å². The molecule has 0 spiro atoms. The van der Waals surface area contributed by atoms with E-state index >= 15 is 0 Å². The summed E-state index contributed by atoms with van der Waals surface area (Å²) in [7, 11) is 1.78. The van der Waals surface area contributed by atoms with Crippen molar-refractivity contribution in [3.63, 3.8) is 0 Å². The van der Waals surface area contributed by atoms with E-state index in [2.05, 4.69) is 40.8 Å². The molecule has 1 saturated heterocycles. The first-order valence-electron chi connectivity index (χ1n) is 12.9. The summed E-state index contributed by atoms with van der Waals surface area (Å²) in [5.41, 5.74) is 12.6. The average Bonchev–Trinajstić information content (AvgIpc) is 3.31. The van der Waals surface area contributed by atoms with Crippen molar-refractivity contribution in [2.45, 2.75) is 51.5 Å². The quantitative estimate of drug-likeness (QED) is 0.538. The number of ether oxygens (including phenoxy) is 1. The summed E-state index contributed by atoms with van der Waals surface area (Å²) in [5, 5.41) is 1.16. The van der Waals surface area contributed by atoms with Gasteiger partial charge in [0, 0.05) is 55.2 Å². The second-order valence-corrected chi connectivity index (χ2v) is 9.73. The lowest BCUT2D eigenvalue weighted by molar-refractivity contribution is 0.100. The van der Waals surface area contributed by atoms with E-state index in [9.17, 15) is 4.79 Å². The number of likely N-dealkylation sites (tertiary alicyclic amines) is 1. The molecule has 1 amide bonds. The highest BCUT2D eigenvalue weighted by molar-refractivity contribution is 6.03. The predicted octanol–water partition coefficient (Wildman–Crippen LogP) is 4.77. The number of aromatic nitrogens is 1. The van der Waals surface area contributed by atoms with Crippen molar-refractivity contribution in [2.75, 3.05) is 33.3 Å². The van der Waals surface area contributed by atoms with Crippen LogP contribution in [-0.2, 0) is 12.8 Å². The monoisotopic (exact) mass is 472 g/mol. The van der Waals surface area contributed by atoms with Crippen LogP contribution >= 0.6 is 0 Å². The third-order valence-corrected chi connectivity index (χ3v) is 7.74. The van der Waals surface area contributed by atoms with Gasteiger partial charge in [-0.15, -0.1) is 0 Å². The van der Waals surface area contributed by atoms with E-state index in [0.29, 0.717) is 11.6 Å². The molecule has 0 unspecified atom stereocenters. The number of amides is 1. The smallest absolute Gasteiger partial charge is 0.248 e. The largest absolute Gasteiger partial charge is 0.496 e. The Balaban J connectivity index is 1.27. The highest BCUT2D eigenvalue weighted by atomic mass is 16.5. The topological polar surface area (TPSA) is 72.8 Å². The Hall–Kier alpha value is -3.12. The van der Waals surface area contributed by atoms with Gasteiger partial charge < -0.3 is 19.9 Å². The number of primary amides is 1. The fraction of sp³-hybridized carbons (Fsp3) is 0.448. The molecule has 184 valence electrons. The zero-order chi connectivity index (χ0) is 24.4. The number of hydrogen-bond donors (Lipinski definition) is 1. The second kappa shape index (κ2) is 10.2. The number of benzene rings is 2. The minimum Gasteiger partial charge on any atom is -0.496 e. The number of carbonyl (C=O) groups excluding carboxylic acids is 1. The van der Waals surface area contributed by atoms with Crippen molar-refractivity contribution in [1.82, 2.24) is 9.47 Å². The molecule has 0 saturated carbocycles. The van der Waals surface area contributed by atoms with Gasteiger partial charge in [-0.1, -0.05) is 6.07 Å². The zero-order valence-corrected chi connectivity index (χ0v) is 20.9. The number of nitrogens with zero attached hydrogens (tertiary/aromatic N) is 3. The van der Waals surface area contributed by atoms with Crippen molar-refractivity contribution in [3.05, 3.63) is 64.8 Å². The highest BCUT2D eigenvalue weighted by Crippen LogP contribution is 2.33. The number of aliphatic imine (C=N–C) groups is 1. The normalized spacial score (nSPS) is 18.2. The van der Waals surface area contributed by atoms with Crippen molar-refractivity contribution in [3.8, 4) is 5.75 Å². The molecule has 1 aliphatic carbocycles. The Labute approximate surface area is 207 Å². The molecule has 6 nitrogen and oxygen atoms in total. The van der Waals surface area contributed by atoms with Crippen molar-refractivity contribution >= 4 is 22.5 Å². The molecule has 5 rings (SSSR count). The molecular formula is C29H36N4O2. The van der Waals surface area contributed by atoms with Crippen molar-refractivity contribution < 1.29 is 9.53 Å². The molecule has 0 bridgehead atoms. The maximum absolute atomic E-state index is 11.7. The zero-order valence-electron chi connectivity index (χ0n) is 20.9. The molecule has 0 radical (unpaired) electrons. The van der Waals surface area contributed by atoms with Crippen molar-refractivity contribution in [1.29, 1.82) is 0 Å². The van der Waals surface area contributed by atoms with E-state index < -0.39 is 0 Å². The van der Waals surface area contributed by atoms with Crippen LogP contribution in [0.2, 0.25) is 0 Å². The molecule has 3 aromatic rings. The van der Waals surface area contributed by atoms with Gasteiger partial charge in [-0.25, -0.2) is 0 Å². The van der Waals surface area contributed by atoms with Crippen LogP contribution in [0.15, 0.2) is 47.6 Å². The van der Waals surface area contributed by atoms with Crippen LogP contribution in [0.25, 0.3) is 10.9 Å². The molecule has 35 heavy (non-hydrogen) atoms. The van der Waals surface area contributed by atoms with E-state index in [1.54, 1.807) is 7.11 Å². The number of piperidine rings is 1. The first-order chi connectivity index (χ1) is 17.1. The first-order valence-corrected chi connectivity index (χ1v) is 12.9. The molecule has 2 heterocycles. The van der Waals surface area contributed by atoms with Gasteiger partial charge in [0.2, 0.25) is 5.91 Å². The number of methoxy groups -OCH3 is 1. The molecule has 1 aliphatic heterocycles. The van der Waals surface area contributed by atoms with Gasteiger partial charge in [0.25, 0.3) is 0 Å². The van der Waals surface area contributed by atoms with Crippen LogP contribution < -0.4 is 10.5 Å². The molecule has 2 aromatic carbocycles.